The first-order valence-corrected chi connectivity index (χ1v) is 17.7. The van der Waals surface area contributed by atoms with E-state index in [9.17, 15) is 49.1 Å². The summed E-state index contributed by atoms with van der Waals surface area (Å²) in [7, 11) is -14.8. The molecule has 15 nitrogen and oxygen atoms in total. The summed E-state index contributed by atoms with van der Waals surface area (Å²) in [5, 5.41) is 38.6. The molecule has 19 heteroatoms. The molecule has 0 radical (unpaired) electrons. The molecule has 244 valence electrons. The molecule has 0 aliphatic carbocycles. The van der Waals surface area contributed by atoms with E-state index in [1.165, 1.54) is 30.3 Å². The van der Waals surface area contributed by atoms with Gasteiger partial charge in [0.2, 0.25) is 0 Å². The Morgan fingerprint density at radius 2 is 1.08 bits per heavy atom. The SMILES string of the molecule is O=S(=O)(O)c1cc(N=Nc2c(O)ccc3ccccc23)c2c(O)c(N=Nc3ccc(S(=O)(=O)O)c4ccccc34)c(S(=O)(=O)O)cc2c1.[Na+]. The number of azo groups is 2. The fraction of sp³-hybridized carbons (Fsp3) is 0. The van der Waals surface area contributed by atoms with Gasteiger partial charge in [0.05, 0.1) is 21.7 Å². The van der Waals surface area contributed by atoms with Crippen molar-refractivity contribution in [1.82, 2.24) is 0 Å². The van der Waals surface area contributed by atoms with Crippen LogP contribution in [0.15, 0.2) is 126 Å². The molecule has 0 spiro atoms. The Balaban J connectivity index is 0.00000468. The van der Waals surface area contributed by atoms with E-state index in [-0.39, 0.29) is 68.2 Å². The van der Waals surface area contributed by atoms with Gasteiger partial charge in [-0.25, -0.2) is 0 Å². The van der Waals surface area contributed by atoms with Crippen LogP contribution in [0, 0.1) is 0 Å². The van der Waals surface area contributed by atoms with E-state index >= 15 is 0 Å². The molecule has 5 N–H and O–H groups in total. The van der Waals surface area contributed by atoms with E-state index in [4.69, 9.17) is 0 Å². The van der Waals surface area contributed by atoms with Crippen molar-refractivity contribution in [3.63, 3.8) is 0 Å². The van der Waals surface area contributed by atoms with Gasteiger partial charge in [0.1, 0.15) is 26.9 Å². The van der Waals surface area contributed by atoms with Crippen LogP contribution in [0.1, 0.15) is 0 Å². The molecule has 6 aromatic rings. The number of nitrogens with zero attached hydrogens (tertiary/aromatic N) is 4. The first-order valence-electron chi connectivity index (χ1n) is 13.4. The first kappa shape index (κ1) is 35.9. The second kappa shape index (κ2) is 13.2. The van der Waals surface area contributed by atoms with Crippen LogP contribution < -0.4 is 29.6 Å². The number of rotatable bonds is 7. The van der Waals surface area contributed by atoms with Crippen LogP contribution in [0.5, 0.6) is 11.5 Å². The van der Waals surface area contributed by atoms with E-state index in [1.54, 1.807) is 30.3 Å². The van der Waals surface area contributed by atoms with Crippen LogP contribution in [0.25, 0.3) is 32.3 Å². The van der Waals surface area contributed by atoms with Gasteiger partial charge in [-0.05, 0) is 47.2 Å². The van der Waals surface area contributed by atoms with Crippen molar-refractivity contribution in [3.8, 4) is 11.5 Å². The van der Waals surface area contributed by atoms with E-state index in [0.29, 0.717) is 10.8 Å². The molecule has 0 aliphatic rings. The predicted octanol–water partition coefficient (Wildman–Crippen LogP) is 4.13. The third-order valence-electron chi connectivity index (χ3n) is 7.21. The van der Waals surface area contributed by atoms with Crippen LogP contribution in [-0.4, -0.2) is 49.1 Å². The Hall–Kier alpha value is -4.37. The number of aromatic hydroxyl groups is 2. The van der Waals surface area contributed by atoms with E-state index in [1.807, 2.05) is 0 Å². The molecule has 0 fully saturated rings. The van der Waals surface area contributed by atoms with Crippen molar-refractivity contribution in [2.24, 2.45) is 20.5 Å². The summed E-state index contributed by atoms with van der Waals surface area (Å²) >= 11 is 0. The Kier molecular flexibility index (Phi) is 9.65. The Labute approximate surface area is 299 Å². The summed E-state index contributed by atoms with van der Waals surface area (Å²) in [6, 6.07) is 20.2. The third-order valence-corrected chi connectivity index (χ3v) is 9.82. The molecule has 0 amide bonds. The molecule has 0 saturated carbocycles. The van der Waals surface area contributed by atoms with Gasteiger partial charge in [-0.2, -0.15) is 25.3 Å². The van der Waals surface area contributed by atoms with Gasteiger partial charge in [-0.1, -0.05) is 54.6 Å². The van der Waals surface area contributed by atoms with Crippen molar-refractivity contribution in [1.29, 1.82) is 0 Å². The molecule has 6 aromatic carbocycles. The number of hydrogen-bond acceptors (Lipinski definition) is 12. The van der Waals surface area contributed by atoms with Crippen molar-refractivity contribution in [2.75, 3.05) is 0 Å². The topological polar surface area (TPSA) is 253 Å². The zero-order valence-corrected chi connectivity index (χ0v) is 29.3. The third kappa shape index (κ3) is 7.04. The summed E-state index contributed by atoms with van der Waals surface area (Å²) < 4.78 is 103. The van der Waals surface area contributed by atoms with Crippen LogP contribution in [-0.2, 0) is 30.4 Å². The zero-order valence-electron chi connectivity index (χ0n) is 24.9. The second-order valence-corrected chi connectivity index (χ2v) is 14.4. The van der Waals surface area contributed by atoms with Crippen LogP contribution >= 0.6 is 0 Å². The molecule has 0 atom stereocenters. The molecule has 49 heavy (non-hydrogen) atoms. The van der Waals surface area contributed by atoms with Crippen LogP contribution in [0.2, 0.25) is 0 Å². The number of phenolic OH excluding ortho intramolecular Hbond substituents is 2. The van der Waals surface area contributed by atoms with Gasteiger partial charge in [0.15, 0.2) is 5.75 Å². The van der Waals surface area contributed by atoms with Crippen LogP contribution in [0.3, 0.4) is 0 Å². The standard InChI is InChI=1S/C30H20N4O11S3.Na/c35-24-11-9-16-5-1-2-6-19(16)28(24)33-32-23-15-18(46(37,38)39)13-17-14-26(48(43,44)45)29(30(36)27(17)23)34-31-22-10-12-25(47(40,41)42)21-8-4-3-7-20(21)22;/h1-15,35-36H,(H,37,38,39)(H,40,41,42)(H,43,44,45);/q;+1. The maximum Gasteiger partial charge on any atom is 1.00 e. The minimum atomic E-state index is -5.19. The first-order chi connectivity index (χ1) is 22.5. The maximum atomic E-state index is 12.5. The van der Waals surface area contributed by atoms with E-state index in [2.05, 4.69) is 20.5 Å². The largest absolute Gasteiger partial charge is 1.00 e. The summed E-state index contributed by atoms with van der Waals surface area (Å²) in [6.07, 6.45) is 0. The number of fused-ring (bicyclic) bond motifs is 3. The van der Waals surface area contributed by atoms with E-state index < -0.39 is 62.2 Å². The fourth-order valence-electron chi connectivity index (χ4n) is 5.08. The molecule has 6 rings (SSSR count). The average Bonchev–Trinajstić information content (AvgIpc) is 3.01. The number of benzene rings is 6. The minimum Gasteiger partial charge on any atom is -0.506 e. The van der Waals surface area contributed by atoms with Crippen molar-refractivity contribution in [2.45, 2.75) is 14.7 Å². The van der Waals surface area contributed by atoms with Crippen molar-refractivity contribution in [3.05, 3.63) is 91.0 Å². The number of hydrogen-bond donors (Lipinski definition) is 5. The molecule has 0 saturated heterocycles. The quantitative estimate of drug-likeness (QED) is 0.0886. The average molecular weight is 732 g/mol. The molecule has 0 heterocycles. The van der Waals surface area contributed by atoms with Gasteiger partial charge in [-0.3, -0.25) is 13.7 Å². The molecule has 0 aromatic heterocycles. The summed E-state index contributed by atoms with van der Waals surface area (Å²) in [5.41, 5.74) is -1.32. The molecule has 0 bridgehead atoms. The molecular weight excluding hydrogens is 712 g/mol. The van der Waals surface area contributed by atoms with E-state index in [0.717, 1.165) is 30.3 Å². The molecular formula is C30H20N4NaO11S3+. The Morgan fingerprint density at radius 1 is 0.490 bits per heavy atom. The second-order valence-electron chi connectivity index (χ2n) is 10.2. The number of phenols is 2. The Morgan fingerprint density at radius 3 is 1.73 bits per heavy atom. The summed E-state index contributed by atoms with van der Waals surface area (Å²) in [6.45, 7) is 0. The summed E-state index contributed by atoms with van der Waals surface area (Å²) in [5.74, 6) is -1.26. The van der Waals surface area contributed by atoms with Crippen LogP contribution in [0.4, 0.5) is 22.7 Å². The maximum absolute atomic E-state index is 12.5. The van der Waals surface area contributed by atoms with Crippen molar-refractivity contribution < 1.29 is 78.7 Å². The van der Waals surface area contributed by atoms with Gasteiger partial charge in [-0.15, -0.1) is 20.5 Å². The predicted molar refractivity (Wildman–Crippen MR) is 173 cm³/mol. The normalized spacial score (nSPS) is 12.7. The Bertz CT molecular complexity index is 2740. The van der Waals surface area contributed by atoms with Gasteiger partial charge < -0.3 is 10.2 Å². The monoisotopic (exact) mass is 731 g/mol. The summed E-state index contributed by atoms with van der Waals surface area (Å²) in [4.78, 5) is -2.23. The zero-order chi connectivity index (χ0) is 34.6. The minimum absolute atomic E-state index is 0. The van der Waals surface area contributed by atoms with Gasteiger partial charge >= 0.3 is 29.6 Å². The molecule has 0 aliphatic heterocycles. The van der Waals surface area contributed by atoms with Crippen molar-refractivity contribution >= 4 is 85.4 Å². The molecule has 0 unspecified atom stereocenters. The smallest absolute Gasteiger partial charge is 0.506 e. The van der Waals surface area contributed by atoms with Gasteiger partial charge in [0.25, 0.3) is 30.4 Å². The van der Waals surface area contributed by atoms with Gasteiger partial charge in [0, 0.05) is 16.2 Å². The fourth-order valence-corrected chi connectivity index (χ4v) is 6.97.